The zero-order valence-electron chi connectivity index (χ0n) is 15.8. The Labute approximate surface area is 162 Å². The maximum atomic E-state index is 13.6. The largest absolute Gasteiger partial charge is 0.481 e. The van der Waals surface area contributed by atoms with Crippen molar-refractivity contribution < 1.29 is 23.9 Å². The summed E-state index contributed by atoms with van der Waals surface area (Å²) in [5.74, 6) is -2.00. The second-order valence-electron chi connectivity index (χ2n) is 7.31. The van der Waals surface area contributed by atoms with Crippen LogP contribution in [-0.2, 0) is 16.1 Å². The van der Waals surface area contributed by atoms with E-state index in [-0.39, 0.29) is 37.0 Å². The molecule has 0 aliphatic heterocycles. The highest BCUT2D eigenvalue weighted by Gasteiger charge is 2.25. The topological polar surface area (TPSA) is 95.5 Å². The fourth-order valence-corrected chi connectivity index (χ4v) is 2.74. The van der Waals surface area contributed by atoms with Gasteiger partial charge in [0.2, 0.25) is 5.91 Å². The van der Waals surface area contributed by atoms with Crippen LogP contribution in [-0.4, -0.2) is 22.9 Å². The van der Waals surface area contributed by atoms with E-state index in [1.54, 1.807) is 56.3 Å². The minimum atomic E-state index is -0.955. The highest BCUT2D eigenvalue weighted by molar-refractivity contribution is 5.96. The lowest BCUT2D eigenvalue weighted by atomic mass is 9.85. The second kappa shape index (κ2) is 9.12. The first-order valence-electron chi connectivity index (χ1n) is 8.79. The third-order valence-corrected chi connectivity index (χ3v) is 4.10. The number of hydrogen-bond acceptors (Lipinski definition) is 3. The number of anilines is 1. The first kappa shape index (κ1) is 21.1. The number of nitrogens with one attached hydrogen (secondary N) is 2. The van der Waals surface area contributed by atoms with E-state index in [4.69, 9.17) is 5.11 Å². The van der Waals surface area contributed by atoms with E-state index in [0.717, 1.165) is 0 Å². The molecular formula is C21H23FN2O4. The molecule has 2 aromatic carbocycles. The zero-order valence-corrected chi connectivity index (χ0v) is 15.8. The van der Waals surface area contributed by atoms with Crippen LogP contribution in [0.15, 0.2) is 48.5 Å². The standard InChI is InChI=1S/C21H23FN2O4/c1-21(2,12-19(26)27)11-18(25)24-16-9-7-14(8-10-16)20(28)23-13-15-5-3-4-6-17(15)22/h3-10H,11-13H2,1-2H3,(H,23,28)(H,24,25)(H,26,27). The molecule has 6 nitrogen and oxygen atoms in total. The van der Waals surface area contributed by atoms with Crippen LogP contribution in [0.1, 0.15) is 42.6 Å². The van der Waals surface area contributed by atoms with Crippen LogP contribution in [0.4, 0.5) is 10.1 Å². The lowest BCUT2D eigenvalue weighted by molar-refractivity contribution is -0.139. The third kappa shape index (κ3) is 6.50. The van der Waals surface area contributed by atoms with Gasteiger partial charge in [-0.1, -0.05) is 32.0 Å². The molecule has 2 rings (SSSR count). The molecule has 0 spiro atoms. The average Bonchev–Trinajstić information content (AvgIpc) is 2.59. The predicted octanol–water partition coefficient (Wildman–Crippen LogP) is 3.59. The molecule has 0 aromatic heterocycles. The summed E-state index contributed by atoms with van der Waals surface area (Å²) in [6.07, 6.45) is -0.0499. The molecule has 0 saturated heterocycles. The van der Waals surface area contributed by atoms with Crippen molar-refractivity contribution in [3.63, 3.8) is 0 Å². The summed E-state index contributed by atoms with van der Waals surface area (Å²) in [6, 6.07) is 12.5. The first-order chi connectivity index (χ1) is 13.2. The Balaban J connectivity index is 1.90. The van der Waals surface area contributed by atoms with Gasteiger partial charge in [-0.05, 0) is 35.7 Å². The Hall–Kier alpha value is -3.22. The van der Waals surface area contributed by atoms with Gasteiger partial charge in [-0.15, -0.1) is 0 Å². The lowest BCUT2D eigenvalue weighted by Crippen LogP contribution is -2.25. The van der Waals surface area contributed by atoms with Gasteiger partial charge in [-0.25, -0.2) is 4.39 Å². The van der Waals surface area contributed by atoms with Gasteiger partial charge < -0.3 is 15.7 Å². The van der Waals surface area contributed by atoms with Crippen molar-refractivity contribution in [2.75, 3.05) is 5.32 Å². The van der Waals surface area contributed by atoms with Gasteiger partial charge in [0.25, 0.3) is 5.91 Å². The van der Waals surface area contributed by atoms with Crippen molar-refractivity contribution >= 4 is 23.5 Å². The molecule has 0 heterocycles. The minimum absolute atomic E-state index is 0.0597. The summed E-state index contributed by atoms with van der Waals surface area (Å²) in [7, 11) is 0. The summed E-state index contributed by atoms with van der Waals surface area (Å²) < 4.78 is 13.6. The molecule has 0 bridgehead atoms. The Morgan fingerprint density at radius 1 is 1.00 bits per heavy atom. The Morgan fingerprint density at radius 3 is 2.25 bits per heavy atom. The fourth-order valence-electron chi connectivity index (χ4n) is 2.74. The van der Waals surface area contributed by atoms with Crippen molar-refractivity contribution in [2.24, 2.45) is 5.41 Å². The molecule has 0 fully saturated rings. The van der Waals surface area contributed by atoms with Gasteiger partial charge in [-0.3, -0.25) is 14.4 Å². The number of amides is 2. The first-order valence-corrected chi connectivity index (χ1v) is 8.79. The van der Waals surface area contributed by atoms with Gasteiger partial charge in [0.05, 0.1) is 6.42 Å². The van der Waals surface area contributed by atoms with Crippen LogP contribution in [0.25, 0.3) is 0 Å². The Morgan fingerprint density at radius 2 is 1.64 bits per heavy atom. The van der Waals surface area contributed by atoms with Crippen molar-refractivity contribution in [3.8, 4) is 0 Å². The Kier molecular flexibility index (Phi) is 6.87. The number of benzene rings is 2. The number of carbonyl (C=O) groups is 3. The van der Waals surface area contributed by atoms with Gasteiger partial charge >= 0.3 is 5.97 Å². The highest BCUT2D eigenvalue weighted by Crippen LogP contribution is 2.25. The van der Waals surface area contributed by atoms with Crippen LogP contribution in [0.3, 0.4) is 0 Å². The Bertz CT molecular complexity index is 863. The third-order valence-electron chi connectivity index (χ3n) is 4.10. The van der Waals surface area contributed by atoms with Crippen molar-refractivity contribution in [2.45, 2.75) is 33.2 Å². The summed E-state index contributed by atoms with van der Waals surface area (Å²) >= 11 is 0. The number of carbonyl (C=O) groups excluding carboxylic acids is 2. The second-order valence-corrected chi connectivity index (χ2v) is 7.31. The lowest BCUT2D eigenvalue weighted by Gasteiger charge is -2.21. The van der Waals surface area contributed by atoms with E-state index in [2.05, 4.69) is 10.6 Å². The number of carboxylic acids is 1. The molecule has 0 aliphatic rings. The van der Waals surface area contributed by atoms with Gasteiger partial charge in [0, 0.05) is 29.8 Å². The summed E-state index contributed by atoms with van der Waals surface area (Å²) in [6.45, 7) is 3.50. The molecule has 2 amide bonds. The molecule has 0 atom stereocenters. The fraction of sp³-hybridized carbons (Fsp3) is 0.286. The number of rotatable bonds is 8. The smallest absolute Gasteiger partial charge is 0.303 e. The van der Waals surface area contributed by atoms with Crippen LogP contribution in [0, 0.1) is 11.2 Å². The highest BCUT2D eigenvalue weighted by atomic mass is 19.1. The van der Waals surface area contributed by atoms with Crippen LogP contribution in [0.5, 0.6) is 0 Å². The number of halogens is 1. The number of carboxylic acid groups (broad SMARTS) is 1. The van der Waals surface area contributed by atoms with Crippen molar-refractivity contribution in [1.82, 2.24) is 5.32 Å². The molecule has 0 saturated carbocycles. The van der Waals surface area contributed by atoms with E-state index < -0.39 is 11.4 Å². The molecule has 148 valence electrons. The normalized spacial score (nSPS) is 11.0. The molecule has 7 heteroatoms. The maximum Gasteiger partial charge on any atom is 0.303 e. The predicted molar refractivity (Wildman–Crippen MR) is 103 cm³/mol. The molecule has 3 N–H and O–H groups in total. The molecular weight excluding hydrogens is 363 g/mol. The van der Waals surface area contributed by atoms with E-state index in [0.29, 0.717) is 16.8 Å². The van der Waals surface area contributed by atoms with E-state index in [1.165, 1.54) is 6.07 Å². The van der Waals surface area contributed by atoms with Crippen molar-refractivity contribution in [3.05, 3.63) is 65.5 Å². The number of hydrogen-bond donors (Lipinski definition) is 3. The molecule has 2 aromatic rings. The van der Waals surface area contributed by atoms with Gasteiger partial charge in [0.1, 0.15) is 5.82 Å². The average molecular weight is 386 g/mol. The van der Waals surface area contributed by atoms with Gasteiger partial charge in [-0.2, -0.15) is 0 Å². The number of aliphatic carboxylic acids is 1. The van der Waals surface area contributed by atoms with E-state index in [1.807, 2.05) is 0 Å². The van der Waals surface area contributed by atoms with Crippen molar-refractivity contribution in [1.29, 1.82) is 0 Å². The summed E-state index contributed by atoms with van der Waals surface area (Å²) in [4.78, 5) is 35.1. The zero-order chi connectivity index (χ0) is 20.7. The molecule has 28 heavy (non-hydrogen) atoms. The molecule has 0 radical (unpaired) electrons. The van der Waals surface area contributed by atoms with Crippen LogP contribution < -0.4 is 10.6 Å². The summed E-state index contributed by atoms with van der Waals surface area (Å²) in [5, 5.41) is 14.2. The monoisotopic (exact) mass is 386 g/mol. The quantitative estimate of drug-likeness (QED) is 0.646. The minimum Gasteiger partial charge on any atom is -0.481 e. The van der Waals surface area contributed by atoms with E-state index in [9.17, 15) is 18.8 Å². The SMILES string of the molecule is CC(C)(CC(=O)O)CC(=O)Nc1ccc(C(=O)NCc2ccccc2F)cc1. The molecule has 0 unspecified atom stereocenters. The maximum absolute atomic E-state index is 13.6. The van der Waals surface area contributed by atoms with Crippen LogP contribution in [0.2, 0.25) is 0 Å². The molecule has 0 aliphatic carbocycles. The van der Waals surface area contributed by atoms with Crippen LogP contribution >= 0.6 is 0 Å². The summed E-state index contributed by atoms with van der Waals surface area (Å²) in [5.41, 5.74) is 0.605. The van der Waals surface area contributed by atoms with Gasteiger partial charge in [0.15, 0.2) is 0 Å². The van der Waals surface area contributed by atoms with E-state index >= 15 is 0 Å².